The van der Waals surface area contributed by atoms with E-state index < -0.39 is 5.66 Å². The van der Waals surface area contributed by atoms with Crippen LogP contribution in [0.4, 0.5) is 11.4 Å². The predicted octanol–water partition coefficient (Wildman–Crippen LogP) is 2.74. The third kappa shape index (κ3) is 3.13. The van der Waals surface area contributed by atoms with Gasteiger partial charge in [-0.2, -0.15) is 0 Å². The van der Waals surface area contributed by atoms with Crippen molar-refractivity contribution in [3.63, 3.8) is 0 Å². The van der Waals surface area contributed by atoms with E-state index in [1.165, 1.54) is 0 Å². The Morgan fingerprint density at radius 2 is 1.73 bits per heavy atom. The summed E-state index contributed by atoms with van der Waals surface area (Å²) >= 11 is 0. The third-order valence-corrected chi connectivity index (χ3v) is 5.16. The molecule has 1 saturated heterocycles. The molecule has 2 heterocycles. The van der Waals surface area contributed by atoms with E-state index in [0.717, 1.165) is 43.7 Å². The summed E-state index contributed by atoms with van der Waals surface area (Å²) in [5.41, 5.74) is 2.35. The standard InChI is InChI=1S/C19H20N4O3/c24-18-16-3-1-2-4-17(16)20-19(21-18)9-11-22(12-10-19)13-14-5-7-15(8-6-14)23(25)26/h1-8,20H,9-13H2,(H,21,24). The van der Waals surface area contributed by atoms with Gasteiger partial charge in [0.25, 0.3) is 11.6 Å². The number of fused-ring (bicyclic) bond motifs is 1. The number of para-hydroxylation sites is 1. The number of amides is 1. The van der Waals surface area contributed by atoms with E-state index in [0.29, 0.717) is 5.56 Å². The quantitative estimate of drug-likeness (QED) is 0.655. The summed E-state index contributed by atoms with van der Waals surface area (Å²) in [6.45, 7) is 2.43. The number of nitrogens with one attached hydrogen (secondary N) is 2. The molecule has 134 valence electrons. The fourth-order valence-electron chi connectivity index (χ4n) is 3.69. The average Bonchev–Trinajstić information content (AvgIpc) is 2.64. The Labute approximate surface area is 151 Å². The van der Waals surface area contributed by atoms with Gasteiger partial charge in [0.15, 0.2) is 0 Å². The van der Waals surface area contributed by atoms with Gasteiger partial charge in [-0.3, -0.25) is 19.8 Å². The van der Waals surface area contributed by atoms with E-state index in [1.54, 1.807) is 24.3 Å². The van der Waals surface area contributed by atoms with Gasteiger partial charge in [-0.05, 0) is 17.7 Å². The monoisotopic (exact) mass is 352 g/mol. The molecule has 7 heteroatoms. The van der Waals surface area contributed by atoms with E-state index in [-0.39, 0.29) is 16.5 Å². The first-order chi connectivity index (χ1) is 12.5. The Morgan fingerprint density at radius 3 is 2.42 bits per heavy atom. The Balaban J connectivity index is 1.40. The molecular formula is C19H20N4O3. The van der Waals surface area contributed by atoms with Gasteiger partial charge < -0.3 is 10.6 Å². The van der Waals surface area contributed by atoms with Crippen molar-refractivity contribution in [2.75, 3.05) is 18.4 Å². The van der Waals surface area contributed by atoms with Crippen LogP contribution >= 0.6 is 0 Å². The minimum atomic E-state index is -0.391. The van der Waals surface area contributed by atoms with Crippen LogP contribution in [0.3, 0.4) is 0 Å². The summed E-state index contributed by atoms with van der Waals surface area (Å²) in [5.74, 6) is -0.0248. The summed E-state index contributed by atoms with van der Waals surface area (Å²) in [6.07, 6.45) is 1.61. The molecule has 7 nitrogen and oxygen atoms in total. The number of hydrogen-bond donors (Lipinski definition) is 2. The molecule has 0 unspecified atom stereocenters. The molecule has 0 radical (unpaired) electrons. The van der Waals surface area contributed by atoms with Gasteiger partial charge in [0.1, 0.15) is 5.66 Å². The Bertz CT molecular complexity index is 842. The maximum absolute atomic E-state index is 12.4. The summed E-state index contributed by atoms with van der Waals surface area (Å²) in [6, 6.07) is 14.3. The number of piperidine rings is 1. The van der Waals surface area contributed by atoms with Gasteiger partial charge in [-0.1, -0.05) is 24.3 Å². The van der Waals surface area contributed by atoms with Gasteiger partial charge in [0.2, 0.25) is 0 Å². The van der Waals surface area contributed by atoms with Gasteiger partial charge in [0.05, 0.1) is 10.5 Å². The highest BCUT2D eigenvalue weighted by Gasteiger charge is 2.39. The molecule has 0 bridgehead atoms. The molecule has 2 aliphatic rings. The minimum absolute atomic E-state index is 0.0248. The molecule has 2 N–H and O–H groups in total. The van der Waals surface area contributed by atoms with Crippen molar-refractivity contribution in [2.45, 2.75) is 25.0 Å². The van der Waals surface area contributed by atoms with Gasteiger partial charge in [-0.15, -0.1) is 0 Å². The maximum atomic E-state index is 12.4. The summed E-state index contributed by atoms with van der Waals surface area (Å²) in [4.78, 5) is 25.1. The summed E-state index contributed by atoms with van der Waals surface area (Å²) < 4.78 is 0. The average molecular weight is 352 g/mol. The minimum Gasteiger partial charge on any atom is -0.362 e. The second-order valence-corrected chi connectivity index (χ2v) is 6.91. The van der Waals surface area contributed by atoms with Crippen molar-refractivity contribution in [1.82, 2.24) is 10.2 Å². The van der Waals surface area contributed by atoms with Gasteiger partial charge in [-0.25, -0.2) is 0 Å². The van der Waals surface area contributed by atoms with Crippen LogP contribution < -0.4 is 10.6 Å². The first-order valence-electron chi connectivity index (χ1n) is 8.70. The first-order valence-corrected chi connectivity index (χ1v) is 8.70. The van der Waals surface area contributed by atoms with Crippen LogP contribution in [0.1, 0.15) is 28.8 Å². The maximum Gasteiger partial charge on any atom is 0.269 e. The zero-order valence-electron chi connectivity index (χ0n) is 14.3. The molecule has 2 aromatic rings. The molecule has 1 amide bonds. The zero-order valence-corrected chi connectivity index (χ0v) is 14.3. The fourth-order valence-corrected chi connectivity index (χ4v) is 3.69. The molecule has 1 fully saturated rings. The van der Waals surface area contributed by atoms with Crippen LogP contribution in [0.15, 0.2) is 48.5 Å². The number of carbonyl (C=O) groups excluding carboxylic acids is 1. The number of benzene rings is 2. The molecule has 2 aromatic carbocycles. The zero-order chi connectivity index (χ0) is 18.1. The van der Waals surface area contributed by atoms with Crippen molar-refractivity contribution in [2.24, 2.45) is 0 Å². The van der Waals surface area contributed by atoms with Gasteiger partial charge in [0, 0.05) is 50.3 Å². The summed E-state index contributed by atoms with van der Waals surface area (Å²) in [7, 11) is 0. The Kier molecular flexibility index (Phi) is 4.08. The second kappa shape index (κ2) is 6.42. The molecule has 0 atom stereocenters. The lowest BCUT2D eigenvalue weighted by Crippen LogP contribution is -2.62. The lowest BCUT2D eigenvalue weighted by atomic mass is 9.92. The van der Waals surface area contributed by atoms with Crippen molar-refractivity contribution in [3.8, 4) is 0 Å². The normalized spacial score (nSPS) is 18.7. The smallest absolute Gasteiger partial charge is 0.269 e. The van der Waals surface area contributed by atoms with E-state index in [9.17, 15) is 14.9 Å². The third-order valence-electron chi connectivity index (χ3n) is 5.16. The molecule has 0 aromatic heterocycles. The lowest BCUT2D eigenvalue weighted by molar-refractivity contribution is -0.384. The molecule has 0 saturated carbocycles. The fraction of sp³-hybridized carbons (Fsp3) is 0.316. The van der Waals surface area contributed by atoms with Crippen LogP contribution in [0.5, 0.6) is 0 Å². The second-order valence-electron chi connectivity index (χ2n) is 6.91. The van der Waals surface area contributed by atoms with Crippen LogP contribution in [-0.2, 0) is 6.54 Å². The molecule has 26 heavy (non-hydrogen) atoms. The molecule has 0 aliphatic carbocycles. The molecule has 1 spiro atoms. The lowest BCUT2D eigenvalue weighted by Gasteiger charge is -2.46. The highest BCUT2D eigenvalue weighted by Crippen LogP contribution is 2.31. The van der Waals surface area contributed by atoms with Crippen molar-refractivity contribution >= 4 is 17.3 Å². The highest BCUT2D eigenvalue weighted by atomic mass is 16.6. The van der Waals surface area contributed by atoms with E-state index in [2.05, 4.69) is 15.5 Å². The Hall–Kier alpha value is -2.93. The summed E-state index contributed by atoms with van der Waals surface area (Å²) in [5, 5.41) is 17.4. The number of nitro groups is 1. The predicted molar refractivity (Wildman–Crippen MR) is 97.9 cm³/mol. The van der Waals surface area contributed by atoms with E-state index in [4.69, 9.17) is 0 Å². The topological polar surface area (TPSA) is 87.5 Å². The largest absolute Gasteiger partial charge is 0.362 e. The van der Waals surface area contributed by atoms with Crippen LogP contribution in [0.2, 0.25) is 0 Å². The number of non-ortho nitro benzene ring substituents is 1. The van der Waals surface area contributed by atoms with Gasteiger partial charge >= 0.3 is 0 Å². The molecular weight excluding hydrogens is 332 g/mol. The van der Waals surface area contributed by atoms with Crippen LogP contribution in [0, 0.1) is 10.1 Å². The molecule has 4 rings (SSSR count). The SMILES string of the molecule is O=C1NC2(CCN(Cc3ccc([N+](=O)[O-])cc3)CC2)Nc2ccccc21. The van der Waals surface area contributed by atoms with Crippen LogP contribution in [-0.4, -0.2) is 34.5 Å². The number of carbonyl (C=O) groups is 1. The molecule has 2 aliphatic heterocycles. The van der Waals surface area contributed by atoms with Crippen molar-refractivity contribution in [3.05, 3.63) is 69.8 Å². The number of rotatable bonds is 3. The number of anilines is 1. The van der Waals surface area contributed by atoms with Crippen molar-refractivity contribution < 1.29 is 9.72 Å². The number of likely N-dealkylation sites (tertiary alicyclic amines) is 1. The van der Waals surface area contributed by atoms with E-state index in [1.807, 2.05) is 24.3 Å². The number of nitrogens with zero attached hydrogens (tertiary/aromatic N) is 2. The number of nitro benzene ring substituents is 1. The van der Waals surface area contributed by atoms with Crippen molar-refractivity contribution in [1.29, 1.82) is 0 Å². The first kappa shape index (κ1) is 16.5. The van der Waals surface area contributed by atoms with Crippen LogP contribution in [0.25, 0.3) is 0 Å². The highest BCUT2D eigenvalue weighted by molar-refractivity contribution is 6.02. The van der Waals surface area contributed by atoms with E-state index >= 15 is 0 Å². The Morgan fingerprint density at radius 1 is 1.04 bits per heavy atom. The number of hydrogen-bond acceptors (Lipinski definition) is 5.